The summed E-state index contributed by atoms with van der Waals surface area (Å²) in [5.74, 6) is 0. The van der Waals surface area contributed by atoms with E-state index in [4.69, 9.17) is 0 Å². The molecule has 0 atom stereocenters. The summed E-state index contributed by atoms with van der Waals surface area (Å²) < 4.78 is 0. The smallest absolute Gasteiger partial charge is 0.0995 e. The minimum atomic E-state index is 0.268. The molecule has 0 aliphatic heterocycles. The number of allylic oxidation sites excluding steroid dienone is 3. The highest BCUT2D eigenvalue weighted by atomic mass is 16.3. The molecular weight excluding hydrogens is 102 g/mol. The lowest BCUT2D eigenvalue weighted by atomic mass is 10.4. The van der Waals surface area contributed by atoms with Crippen LogP contribution in [0.15, 0.2) is 29.5 Å². The Morgan fingerprint density at radius 1 is 1.50 bits per heavy atom. The van der Waals surface area contributed by atoms with E-state index < -0.39 is 0 Å². The maximum absolute atomic E-state index is 9.44. The number of hydrogen-bond acceptors (Lipinski definition) is 2. The number of nitrogens with zero attached hydrogens (tertiary/aromatic N) is 1. The molecule has 0 aromatic rings. The second-order valence-corrected chi connectivity index (χ2v) is 1.27. The molecule has 2 nitrogen and oxygen atoms in total. The Labute approximate surface area is 48.9 Å². The van der Waals surface area contributed by atoms with Gasteiger partial charge in [-0.05, 0) is 6.92 Å². The topological polar surface area (TPSA) is 29.4 Å². The van der Waals surface area contributed by atoms with Crippen molar-refractivity contribution in [2.75, 3.05) is 6.54 Å². The zero-order valence-electron chi connectivity index (χ0n) is 4.87. The van der Waals surface area contributed by atoms with Crippen molar-refractivity contribution in [3.8, 4) is 0 Å². The predicted octanol–water partition coefficient (Wildman–Crippen LogP) is 1.89. The van der Waals surface area contributed by atoms with Crippen LogP contribution in [0.3, 0.4) is 0 Å². The van der Waals surface area contributed by atoms with Gasteiger partial charge in [0.05, 0.1) is 6.54 Å². The fourth-order valence-corrected chi connectivity index (χ4v) is 0.294. The highest BCUT2D eigenvalue weighted by Gasteiger charge is 1.65. The van der Waals surface area contributed by atoms with E-state index in [2.05, 4.69) is 5.18 Å². The number of hydrogen-bond donors (Lipinski definition) is 0. The fourth-order valence-electron chi connectivity index (χ4n) is 0.294. The van der Waals surface area contributed by atoms with Crippen LogP contribution >= 0.6 is 0 Å². The minimum Gasteiger partial charge on any atom is -0.150 e. The molecular formula is C6H9NO. The van der Waals surface area contributed by atoms with E-state index in [1.54, 1.807) is 12.2 Å². The molecule has 44 valence electrons. The first kappa shape index (κ1) is 7.08. The van der Waals surface area contributed by atoms with E-state index in [1.807, 2.05) is 19.1 Å². The SMILES string of the molecule is C/C=C\C=C/CN=O. The Balaban J connectivity index is 3.19. The first-order chi connectivity index (χ1) is 3.91. The van der Waals surface area contributed by atoms with E-state index >= 15 is 0 Å². The third kappa shape index (κ3) is 5.08. The monoisotopic (exact) mass is 111 g/mol. The van der Waals surface area contributed by atoms with Crippen molar-refractivity contribution in [1.29, 1.82) is 0 Å². The average molecular weight is 111 g/mol. The summed E-state index contributed by atoms with van der Waals surface area (Å²) in [5, 5.41) is 2.64. The summed E-state index contributed by atoms with van der Waals surface area (Å²) in [4.78, 5) is 9.44. The van der Waals surface area contributed by atoms with Gasteiger partial charge in [0.25, 0.3) is 0 Å². The first-order valence-corrected chi connectivity index (χ1v) is 2.48. The molecule has 0 heterocycles. The number of nitroso groups, excluding NO2 is 1. The van der Waals surface area contributed by atoms with Crippen LogP contribution in [0.5, 0.6) is 0 Å². The van der Waals surface area contributed by atoms with Crippen LogP contribution in [0, 0.1) is 4.91 Å². The van der Waals surface area contributed by atoms with Crippen LogP contribution in [0.2, 0.25) is 0 Å². The van der Waals surface area contributed by atoms with Crippen molar-refractivity contribution in [1.82, 2.24) is 0 Å². The highest BCUT2D eigenvalue weighted by Crippen LogP contribution is 1.76. The molecule has 0 N–H and O–H groups in total. The summed E-state index contributed by atoms with van der Waals surface area (Å²) >= 11 is 0. The van der Waals surface area contributed by atoms with E-state index in [0.717, 1.165) is 0 Å². The van der Waals surface area contributed by atoms with Crippen molar-refractivity contribution in [2.24, 2.45) is 5.18 Å². The summed E-state index contributed by atoms with van der Waals surface area (Å²) in [5.41, 5.74) is 0. The normalized spacial score (nSPS) is 11.1. The van der Waals surface area contributed by atoms with E-state index in [0.29, 0.717) is 0 Å². The molecule has 0 saturated heterocycles. The Bertz CT molecular complexity index is 105. The first-order valence-electron chi connectivity index (χ1n) is 2.48. The summed E-state index contributed by atoms with van der Waals surface area (Å²) in [6.07, 6.45) is 7.24. The zero-order chi connectivity index (χ0) is 6.24. The van der Waals surface area contributed by atoms with Crippen molar-refractivity contribution in [3.63, 3.8) is 0 Å². The van der Waals surface area contributed by atoms with Crippen LogP contribution in [-0.2, 0) is 0 Å². The van der Waals surface area contributed by atoms with Gasteiger partial charge in [-0.2, -0.15) is 4.91 Å². The Morgan fingerprint density at radius 3 is 2.75 bits per heavy atom. The van der Waals surface area contributed by atoms with Crippen LogP contribution in [0.1, 0.15) is 6.92 Å². The summed E-state index contributed by atoms with van der Waals surface area (Å²) in [7, 11) is 0. The Hall–Kier alpha value is -0.920. The second kappa shape index (κ2) is 6.08. The van der Waals surface area contributed by atoms with Gasteiger partial charge in [-0.3, -0.25) is 0 Å². The quantitative estimate of drug-likeness (QED) is 0.404. The van der Waals surface area contributed by atoms with Gasteiger partial charge >= 0.3 is 0 Å². The molecule has 0 unspecified atom stereocenters. The van der Waals surface area contributed by atoms with Crippen LogP contribution in [0.25, 0.3) is 0 Å². The predicted molar refractivity (Wildman–Crippen MR) is 34.6 cm³/mol. The molecule has 0 radical (unpaired) electrons. The van der Waals surface area contributed by atoms with Crippen molar-refractivity contribution >= 4 is 0 Å². The van der Waals surface area contributed by atoms with Crippen molar-refractivity contribution in [3.05, 3.63) is 29.2 Å². The molecule has 0 aromatic carbocycles. The van der Waals surface area contributed by atoms with Gasteiger partial charge in [-0.25, -0.2) is 0 Å². The summed E-state index contributed by atoms with van der Waals surface area (Å²) in [6, 6.07) is 0. The maximum atomic E-state index is 9.44. The molecule has 0 aliphatic carbocycles. The van der Waals surface area contributed by atoms with Gasteiger partial charge in [0.15, 0.2) is 0 Å². The zero-order valence-corrected chi connectivity index (χ0v) is 4.87. The highest BCUT2D eigenvalue weighted by molar-refractivity contribution is 5.01. The van der Waals surface area contributed by atoms with E-state index in [1.165, 1.54) is 0 Å². The van der Waals surface area contributed by atoms with Gasteiger partial charge in [0.2, 0.25) is 0 Å². The van der Waals surface area contributed by atoms with Gasteiger partial charge < -0.3 is 0 Å². The van der Waals surface area contributed by atoms with E-state index in [9.17, 15) is 4.91 Å². The van der Waals surface area contributed by atoms with Crippen LogP contribution < -0.4 is 0 Å². The molecule has 0 fully saturated rings. The molecule has 0 aromatic heterocycles. The van der Waals surface area contributed by atoms with E-state index in [-0.39, 0.29) is 6.54 Å². The third-order valence-corrected chi connectivity index (χ3v) is 0.620. The lowest BCUT2D eigenvalue weighted by Gasteiger charge is -1.70. The summed E-state index contributed by atoms with van der Waals surface area (Å²) in [6.45, 7) is 2.18. The number of rotatable bonds is 3. The molecule has 0 spiro atoms. The van der Waals surface area contributed by atoms with Gasteiger partial charge in [-0.1, -0.05) is 29.5 Å². The van der Waals surface area contributed by atoms with Crippen molar-refractivity contribution in [2.45, 2.75) is 6.92 Å². The van der Waals surface area contributed by atoms with Gasteiger partial charge in [0.1, 0.15) is 0 Å². The third-order valence-electron chi connectivity index (χ3n) is 0.620. The molecule has 8 heavy (non-hydrogen) atoms. The Morgan fingerprint density at radius 2 is 2.25 bits per heavy atom. The van der Waals surface area contributed by atoms with Gasteiger partial charge in [0, 0.05) is 0 Å². The molecule has 0 amide bonds. The molecule has 0 aliphatic rings. The molecule has 0 rings (SSSR count). The Kier molecular flexibility index (Phi) is 5.38. The standard InChI is InChI=1S/C6H9NO/c1-2-3-4-5-6-7-8/h2-5H,6H2,1H3/b3-2-,5-4-. The van der Waals surface area contributed by atoms with Crippen LogP contribution in [-0.4, -0.2) is 6.54 Å². The molecule has 0 saturated carbocycles. The average Bonchev–Trinajstić information content (AvgIpc) is 1.81. The lowest BCUT2D eigenvalue weighted by Crippen LogP contribution is -1.63. The molecule has 2 heteroatoms. The second-order valence-electron chi connectivity index (χ2n) is 1.27. The fraction of sp³-hybridized carbons (Fsp3) is 0.333. The lowest BCUT2D eigenvalue weighted by molar-refractivity contribution is 1.22. The van der Waals surface area contributed by atoms with Crippen molar-refractivity contribution < 1.29 is 0 Å². The van der Waals surface area contributed by atoms with Gasteiger partial charge in [-0.15, -0.1) is 0 Å². The minimum absolute atomic E-state index is 0.268. The van der Waals surface area contributed by atoms with Crippen LogP contribution in [0.4, 0.5) is 0 Å². The molecule has 0 bridgehead atoms. The largest absolute Gasteiger partial charge is 0.150 e. The maximum Gasteiger partial charge on any atom is 0.0995 e.